The SMILES string of the molecule is CCC(CO)CN(C)CCc1ccc2c(c1)CCO2. The number of nitrogens with zero attached hydrogens (tertiary/aromatic N) is 1. The first-order valence-corrected chi connectivity index (χ1v) is 7.27. The van der Waals surface area contributed by atoms with Crippen molar-refractivity contribution in [2.45, 2.75) is 26.2 Å². The zero-order valence-corrected chi connectivity index (χ0v) is 12.1. The van der Waals surface area contributed by atoms with Gasteiger partial charge in [0.05, 0.1) is 6.61 Å². The summed E-state index contributed by atoms with van der Waals surface area (Å²) in [5.41, 5.74) is 2.73. The van der Waals surface area contributed by atoms with Gasteiger partial charge >= 0.3 is 0 Å². The maximum atomic E-state index is 9.23. The van der Waals surface area contributed by atoms with Crippen molar-refractivity contribution in [1.82, 2.24) is 4.90 Å². The van der Waals surface area contributed by atoms with Crippen molar-refractivity contribution in [2.75, 3.05) is 33.4 Å². The van der Waals surface area contributed by atoms with Crippen LogP contribution in [0.3, 0.4) is 0 Å². The minimum absolute atomic E-state index is 0.289. The summed E-state index contributed by atoms with van der Waals surface area (Å²) < 4.78 is 5.52. The van der Waals surface area contributed by atoms with Crippen LogP contribution in [-0.2, 0) is 12.8 Å². The lowest BCUT2D eigenvalue weighted by molar-refractivity contribution is 0.177. The Hall–Kier alpha value is -1.06. The van der Waals surface area contributed by atoms with E-state index in [0.717, 1.165) is 44.7 Å². The predicted molar refractivity (Wildman–Crippen MR) is 77.7 cm³/mol. The number of benzene rings is 1. The Bertz CT molecular complexity index is 402. The normalized spacial score (nSPS) is 15.4. The first kappa shape index (κ1) is 14.4. The summed E-state index contributed by atoms with van der Waals surface area (Å²) in [7, 11) is 2.13. The van der Waals surface area contributed by atoms with Crippen LogP contribution in [0.4, 0.5) is 0 Å². The fourth-order valence-corrected chi connectivity index (χ4v) is 2.56. The van der Waals surface area contributed by atoms with Crippen molar-refractivity contribution >= 4 is 0 Å². The minimum Gasteiger partial charge on any atom is -0.493 e. The summed E-state index contributed by atoms with van der Waals surface area (Å²) in [5, 5.41) is 9.23. The van der Waals surface area contributed by atoms with Crippen LogP contribution in [0.2, 0.25) is 0 Å². The van der Waals surface area contributed by atoms with E-state index in [9.17, 15) is 5.11 Å². The van der Waals surface area contributed by atoms with E-state index < -0.39 is 0 Å². The zero-order valence-electron chi connectivity index (χ0n) is 12.1. The quantitative estimate of drug-likeness (QED) is 0.818. The van der Waals surface area contributed by atoms with Crippen LogP contribution in [0.5, 0.6) is 5.75 Å². The summed E-state index contributed by atoms with van der Waals surface area (Å²) in [6.45, 7) is 5.26. The standard InChI is InChI=1S/C16H25NO2/c1-3-13(12-18)11-17(2)8-6-14-4-5-16-15(10-14)7-9-19-16/h4-5,10,13,18H,3,6-9,11-12H2,1-2H3. The summed E-state index contributed by atoms with van der Waals surface area (Å²) in [4.78, 5) is 2.31. The second-order valence-electron chi connectivity index (χ2n) is 5.51. The summed E-state index contributed by atoms with van der Waals surface area (Å²) in [6.07, 6.45) is 3.14. The highest BCUT2D eigenvalue weighted by atomic mass is 16.5. The van der Waals surface area contributed by atoms with Gasteiger partial charge in [-0.15, -0.1) is 0 Å². The molecule has 1 aromatic carbocycles. The molecule has 0 amide bonds. The van der Waals surface area contributed by atoms with Gasteiger partial charge in [0.1, 0.15) is 5.75 Å². The molecule has 1 N–H and O–H groups in total. The molecule has 0 spiro atoms. The van der Waals surface area contributed by atoms with Crippen molar-refractivity contribution in [3.05, 3.63) is 29.3 Å². The van der Waals surface area contributed by atoms with E-state index in [1.807, 2.05) is 0 Å². The van der Waals surface area contributed by atoms with Gasteiger partial charge in [-0.2, -0.15) is 0 Å². The first-order valence-electron chi connectivity index (χ1n) is 7.27. The molecule has 0 bridgehead atoms. The summed E-state index contributed by atoms with van der Waals surface area (Å²) in [6, 6.07) is 6.54. The van der Waals surface area contributed by atoms with Crippen LogP contribution < -0.4 is 4.74 Å². The monoisotopic (exact) mass is 263 g/mol. The fourth-order valence-electron chi connectivity index (χ4n) is 2.56. The smallest absolute Gasteiger partial charge is 0.122 e. The van der Waals surface area contributed by atoms with E-state index >= 15 is 0 Å². The topological polar surface area (TPSA) is 32.7 Å². The molecule has 1 aromatic rings. The number of hydrogen-bond acceptors (Lipinski definition) is 3. The lowest BCUT2D eigenvalue weighted by atomic mass is 10.0. The molecule has 0 aromatic heterocycles. The molecule has 1 aliphatic heterocycles. The predicted octanol–water partition coefficient (Wildman–Crippen LogP) is 2.11. The molecule has 106 valence electrons. The fraction of sp³-hybridized carbons (Fsp3) is 0.625. The Kier molecular flexibility index (Phi) is 5.23. The number of rotatable bonds is 7. The third-order valence-electron chi connectivity index (χ3n) is 3.94. The van der Waals surface area contributed by atoms with Gasteiger partial charge in [-0.3, -0.25) is 0 Å². The van der Waals surface area contributed by atoms with E-state index in [0.29, 0.717) is 5.92 Å². The molecular weight excluding hydrogens is 238 g/mol. The van der Waals surface area contributed by atoms with Crippen molar-refractivity contribution < 1.29 is 9.84 Å². The number of aliphatic hydroxyl groups is 1. The van der Waals surface area contributed by atoms with E-state index in [1.54, 1.807) is 0 Å². The number of aliphatic hydroxyl groups excluding tert-OH is 1. The van der Waals surface area contributed by atoms with Crippen LogP contribution in [0.1, 0.15) is 24.5 Å². The Morgan fingerprint density at radius 3 is 3.00 bits per heavy atom. The third-order valence-corrected chi connectivity index (χ3v) is 3.94. The Morgan fingerprint density at radius 2 is 2.26 bits per heavy atom. The Morgan fingerprint density at radius 1 is 1.42 bits per heavy atom. The molecule has 0 aliphatic carbocycles. The molecule has 2 rings (SSSR count). The van der Waals surface area contributed by atoms with E-state index in [2.05, 4.69) is 37.1 Å². The number of hydrogen-bond donors (Lipinski definition) is 1. The van der Waals surface area contributed by atoms with Crippen LogP contribution in [-0.4, -0.2) is 43.4 Å². The first-order chi connectivity index (χ1) is 9.22. The molecule has 0 saturated heterocycles. The van der Waals surface area contributed by atoms with Crippen LogP contribution in [0.15, 0.2) is 18.2 Å². The molecule has 1 unspecified atom stereocenters. The largest absolute Gasteiger partial charge is 0.493 e. The highest BCUT2D eigenvalue weighted by Gasteiger charge is 2.13. The summed E-state index contributed by atoms with van der Waals surface area (Å²) in [5.74, 6) is 1.46. The van der Waals surface area contributed by atoms with Crippen LogP contribution in [0.25, 0.3) is 0 Å². The number of fused-ring (bicyclic) bond motifs is 1. The van der Waals surface area contributed by atoms with Gasteiger partial charge in [-0.1, -0.05) is 19.1 Å². The van der Waals surface area contributed by atoms with Gasteiger partial charge < -0.3 is 14.7 Å². The van der Waals surface area contributed by atoms with Crippen molar-refractivity contribution in [1.29, 1.82) is 0 Å². The number of likely N-dealkylation sites (N-methyl/N-ethyl adjacent to an activating group) is 1. The van der Waals surface area contributed by atoms with Crippen molar-refractivity contribution in [3.8, 4) is 5.75 Å². The van der Waals surface area contributed by atoms with Gasteiger partial charge in [-0.05, 0) is 43.0 Å². The van der Waals surface area contributed by atoms with Gasteiger partial charge in [-0.25, -0.2) is 0 Å². The Balaban J connectivity index is 1.81. The Labute approximate surface area is 116 Å². The van der Waals surface area contributed by atoms with Crippen molar-refractivity contribution in [3.63, 3.8) is 0 Å². The zero-order chi connectivity index (χ0) is 13.7. The second-order valence-corrected chi connectivity index (χ2v) is 5.51. The molecular formula is C16H25NO2. The number of ether oxygens (including phenoxy) is 1. The lowest BCUT2D eigenvalue weighted by Gasteiger charge is -2.21. The van der Waals surface area contributed by atoms with Crippen molar-refractivity contribution in [2.24, 2.45) is 5.92 Å². The van der Waals surface area contributed by atoms with E-state index in [-0.39, 0.29) is 6.61 Å². The molecule has 1 aliphatic rings. The van der Waals surface area contributed by atoms with Gasteiger partial charge in [0.2, 0.25) is 0 Å². The van der Waals surface area contributed by atoms with Gasteiger partial charge in [0.25, 0.3) is 0 Å². The second kappa shape index (κ2) is 6.92. The average molecular weight is 263 g/mol. The average Bonchev–Trinajstić information content (AvgIpc) is 2.89. The van der Waals surface area contributed by atoms with E-state index in [4.69, 9.17) is 4.74 Å². The molecule has 3 heteroatoms. The van der Waals surface area contributed by atoms with Crippen LogP contribution >= 0.6 is 0 Å². The van der Waals surface area contributed by atoms with Gasteiger partial charge in [0.15, 0.2) is 0 Å². The minimum atomic E-state index is 0.289. The maximum absolute atomic E-state index is 9.23. The lowest BCUT2D eigenvalue weighted by Crippen LogP contribution is -2.29. The molecule has 19 heavy (non-hydrogen) atoms. The van der Waals surface area contributed by atoms with Crippen LogP contribution in [0, 0.1) is 5.92 Å². The maximum Gasteiger partial charge on any atom is 0.122 e. The third kappa shape index (κ3) is 3.95. The van der Waals surface area contributed by atoms with E-state index in [1.165, 1.54) is 11.1 Å². The highest BCUT2D eigenvalue weighted by Crippen LogP contribution is 2.26. The molecule has 0 fully saturated rings. The molecule has 1 atom stereocenters. The molecule has 0 saturated carbocycles. The van der Waals surface area contributed by atoms with Gasteiger partial charge in [0, 0.05) is 26.1 Å². The molecule has 3 nitrogen and oxygen atoms in total. The summed E-state index contributed by atoms with van der Waals surface area (Å²) >= 11 is 0. The molecule has 1 heterocycles. The highest BCUT2D eigenvalue weighted by molar-refractivity contribution is 5.39. The molecule has 0 radical (unpaired) electrons.